The number of halogens is 8. The first kappa shape index (κ1) is 15.4. The van der Waals surface area contributed by atoms with Gasteiger partial charge in [0, 0.05) is 10.6 Å². The Morgan fingerprint density at radius 3 is 1.89 bits per heavy atom. The van der Waals surface area contributed by atoms with E-state index in [1.807, 2.05) is 0 Å². The maximum Gasteiger partial charge on any atom is 0.455 e. The monoisotopic (exact) mass is 311 g/mol. The number of hydrogen-bond donors (Lipinski definition) is 1. The summed E-state index contributed by atoms with van der Waals surface area (Å²) in [6.45, 7) is 0. The molecule has 0 heterocycles. The van der Waals surface area contributed by atoms with Crippen molar-refractivity contribution >= 4 is 23.2 Å². The van der Waals surface area contributed by atoms with Crippen LogP contribution < -0.4 is 5.73 Å². The van der Waals surface area contributed by atoms with Gasteiger partial charge in [0.25, 0.3) is 0 Å². The van der Waals surface area contributed by atoms with Crippen molar-refractivity contribution in [2.45, 2.75) is 18.1 Å². The van der Waals surface area contributed by atoms with Crippen LogP contribution in [0.4, 0.5) is 26.3 Å². The van der Waals surface area contributed by atoms with Crippen LogP contribution in [0.3, 0.4) is 0 Å². The van der Waals surface area contributed by atoms with Gasteiger partial charge >= 0.3 is 12.1 Å². The van der Waals surface area contributed by atoms with Crippen molar-refractivity contribution < 1.29 is 26.3 Å². The number of rotatable bonds is 2. The summed E-state index contributed by atoms with van der Waals surface area (Å²) in [6.07, 6.45) is -5.93. The Morgan fingerprint density at radius 1 is 1.00 bits per heavy atom. The predicted octanol–water partition coefficient (Wildman–Crippen LogP) is 4.33. The fourth-order valence-electron chi connectivity index (χ4n) is 1.19. The van der Waals surface area contributed by atoms with Crippen molar-refractivity contribution in [1.82, 2.24) is 0 Å². The molecule has 0 saturated carbocycles. The van der Waals surface area contributed by atoms with Crippen LogP contribution in [0.1, 0.15) is 11.6 Å². The summed E-state index contributed by atoms with van der Waals surface area (Å²) in [7, 11) is 0. The van der Waals surface area contributed by atoms with Gasteiger partial charge < -0.3 is 5.73 Å². The van der Waals surface area contributed by atoms with Gasteiger partial charge in [-0.15, -0.1) is 0 Å². The highest BCUT2D eigenvalue weighted by Gasteiger charge is 2.62. The Labute approximate surface area is 107 Å². The smallest absolute Gasteiger partial charge is 0.319 e. The highest BCUT2D eigenvalue weighted by atomic mass is 35.5. The minimum atomic E-state index is -5.93. The zero-order valence-corrected chi connectivity index (χ0v) is 9.84. The van der Waals surface area contributed by atoms with Gasteiger partial charge in [-0.25, -0.2) is 4.39 Å². The fourth-order valence-corrected chi connectivity index (χ4v) is 1.61. The summed E-state index contributed by atoms with van der Waals surface area (Å²) in [4.78, 5) is 0. The second-order valence-electron chi connectivity index (χ2n) is 3.36. The average molecular weight is 312 g/mol. The van der Waals surface area contributed by atoms with E-state index in [1.165, 1.54) is 0 Å². The molecule has 1 rings (SSSR count). The van der Waals surface area contributed by atoms with E-state index >= 15 is 0 Å². The van der Waals surface area contributed by atoms with E-state index in [2.05, 4.69) is 0 Å². The van der Waals surface area contributed by atoms with Crippen LogP contribution in [-0.4, -0.2) is 12.1 Å². The Kier molecular flexibility index (Phi) is 4.10. The number of nitrogens with two attached hydrogens (primary N) is 1. The third-order valence-corrected chi connectivity index (χ3v) is 2.78. The standard InChI is InChI=1S/C9H5Cl2F6N/c10-3-1-2-4(11)6(12)5(3)7(18)8(13,14)9(15,16)17/h1-2,7H,18H2/t7-/m1/s1. The van der Waals surface area contributed by atoms with Gasteiger partial charge in [0.2, 0.25) is 0 Å². The molecular weight excluding hydrogens is 307 g/mol. The first-order chi connectivity index (χ1) is 8.00. The summed E-state index contributed by atoms with van der Waals surface area (Å²) >= 11 is 10.7. The van der Waals surface area contributed by atoms with Gasteiger partial charge in [0.15, 0.2) is 0 Å². The summed E-state index contributed by atoms with van der Waals surface area (Å²) in [5.74, 6) is -6.83. The summed E-state index contributed by atoms with van der Waals surface area (Å²) < 4.78 is 75.7. The Balaban J connectivity index is 3.36. The van der Waals surface area contributed by atoms with Crippen molar-refractivity contribution in [2.75, 3.05) is 0 Å². The predicted molar refractivity (Wildman–Crippen MR) is 54.4 cm³/mol. The van der Waals surface area contributed by atoms with E-state index in [9.17, 15) is 26.3 Å². The highest BCUT2D eigenvalue weighted by Crippen LogP contribution is 2.45. The van der Waals surface area contributed by atoms with Crippen LogP contribution in [0, 0.1) is 5.82 Å². The zero-order chi connectivity index (χ0) is 14.3. The number of alkyl halides is 5. The number of benzene rings is 1. The van der Waals surface area contributed by atoms with Crippen LogP contribution in [-0.2, 0) is 0 Å². The lowest BCUT2D eigenvalue weighted by Gasteiger charge is -2.26. The third kappa shape index (κ3) is 2.53. The maximum absolute atomic E-state index is 13.4. The van der Waals surface area contributed by atoms with Crippen molar-refractivity contribution in [3.8, 4) is 0 Å². The molecule has 0 spiro atoms. The zero-order valence-electron chi connectivity index (χ0n) is 8.33. The molecule has 1 aromatic carbocycles. The van der Waals surface area contributed by atoms with Gasteiger partial charge in [-0.2, -0.15) is 22.0 Å². The van der Waals surface area contributed by atoms with Crippen LogP contribution >= 0.6 is 23.2 Å². The molecule has 0 fully saturated rings. The molecule has 0 radical (unpaired) electrons. The van der Waals surface area contributed by atoms with E-state index in [4.69, 9.17) is 28.9 Å². The Morgan fingerprint density at radius 2 is 1.44 bits per heavy atom. The summed E-state index contributed by atoms with van der Waals surface area (Å²) in [6, 6.07) is -1.18. The third-order valence-electron chi connectivity index (χ3n) is 2.16. The Bertz CT molecular complexity index is 459. The SMILES string of the molecule is N[C@H](c1c(Cl)ccc(Cl)c1F)C(F)(F)C(F)(F)F. The molecule has 0 aliphatic heterocycles. The first-order valence-electron chi connectivity index (χ1n) is 4.33. The van der Waals surface area contributed by atoms with Crippen molar-refractivity contribution in [3.05, 3.63) is 33.6 Å². The molecule has 102 valence electrons. The van der Waals surface area contributed by atoms with E-state index in [-0.39, 0.29) is 0 Å². The molecule has 0 aromatic heterocycles. The largest absolute Gasteiger partial charge is 0.455 e. The fraction of sp³-hybridized carbons (Fsp3) is 0.333. The van der Waals surface area contributed by atoms with Gasteiger partial charge in [-0.05, 0) is 12.1 Å². The van der Waals surface area contributed by atoms with Crippen LogP contribution in [0.15, 0.2) is 12.1 Å². The molecule has 0 aliphatic rings. The van der Waals surface area contributed by atoms with Crippen LogP contribution in [0.5, 0.6) is 0 Å². The van der Waals surface area contributed by atoms with Gasteiger partial charge in [-0.3, -0.25) is 0 Å². The van der Waals surface area contributed by atoms with Crippen molar-refractivity contribution in [2.24, 2.45) is 5.73 Å². The minimum absolute atomic E-state index is 0.650. The first-order valence-corrected chi connectivity index (χ1v) is 5.09. The maximum atomic E-state index is 13.4. The second-order valence-corrected chi connectivity index (χ2v) is 4.17. The van der Waals surface area contributed by atoms with E-state index in [0.717, 1.165) is 12.1 Å². The molecule has 1 aromatic rings. The average Bonchev–Trinajstić information content (AvgIpc) is 2.22. The van der Waals surface area contributed by atoms with Crippen molar-refractivity contribution in [1.29, 1.82) is 0 Å². The second kappa shape index (κ2) is 4.79. The summed E-state index contributed by atoms with van der Waals surface area (Å²) in [5.41, 5.74) is 3.60. The van der Waals surface area contributed by atoms with E-state index < -0.39 is 39.6 Å². The van der Waals surface area contributed by atoms with Crippen LogP contribution in [0.25, 0.3) is 0 Å². The molecule has 0 saturated heterocycles. The van der Waals surface area contributed by atoms with Crippen LogP contribution in [0.2, 0.25) is 10.0 Å². The molecule has 1 nitrogen and oxygen atoms in total. The number of hydrogen-bond acceptors (Lipinski definition) is 1. The lowest BCUT2D eigenvalue weighted by Crippen LogP contribution is -2.46. The normalized spacial score (nSPS) is 14.7. The van der Waals surface area contributed by atoms with E-state index in [1.54, 1.807) is 0 Å². The molecule has 1 atom stereocenters. The van der Waals surface area contributed by atoms with Crippen molar-refractivity contribution in [3.63, 3.8) is 0 Å². The lowest BCUT2D eigenvalue weighted by molar-refractivity contribution is -0.291. The molecule has 0 bridgehead atoms. The lowest BCUT2D eigenvalue weighted by atomic mass is 10.0. The summed E-state index contributed by atoms with van der Waals surface area (Å²) in [5, 5.41) is -1.31. The van der Waals surface area contributed by atoms with Gasteiger partial charge in [-0.1, -0.05) is 23.2 Å². The van der Waals surface area contributed by atoms with E-state index in [0.29, 0.717) is 0 Å². The molecule has 18 heavy (non-hydrogen) atoms. The van der Waals surface area contributed by atoms with Gasteiger partial charge in [0.1, 0.15) is 11.9 Å². The minimum Gasteiger partial charge on any atom is -0.319 e. The molecular formula is C9H5Cl2F6N. The Hall–Kier alpha value is -0.660. The topological polar surface area (TPSA) is 26.0 Å². The highest BCUT2D eigenvalue weighted by molar-refractivity contribution is 6.33. The van der Waals surface area contributed by atoms with Gasteiger partial charge in [0.05, 0.1) is 5.02 Å². The molecule has 0 aliphatic carbocycles. The molecule has 0 unspecified atom stereocenters. The quantitative estimate of drug-likeness (QED) is 0.638. The molecule has 2 N–H and O–H groups in total. The molecule has 0 amide bonds. The molecule has 9 heteroatoms.